The van der Waals surface area contributed by atoms with Gasteiger partial charge in [-0.25, -0.2) is 0 Å². The van der Waals surface area contributed by atoms with Gasteiger partial charge < -0.3 is 9.64 Å². The molecular formula is C12H20N2O2. The number of amides is 1. The number of ether oxygens (including phenoxy) is 1. The molecule has 0 N–H and O–H groups in total. The van der Waals surface area contributed by atoms with Crippen LogP contribution in [0.15, 0.2) is 0 Å². The standard InChI is InChI=1S/C12H20N2O2/c1-7(6-13)14(5)12(15)11-8(2)9(3)16-10(11)4/h7-11H,1-5H3. The summed E-state index contributed by atoms with van der Waals surface area (Å²) >= 11 is 0. The molecule has 1 amide bonds. The number of carbonyl (C=O) groups excluding carboxylic acids is 1. The SMILES string of the molecule is CC1OC(C)C(C(=O)N(C)C(C)C#N)C1C. The fourth-order valence-electron chi connectivity index (χ4n) is 2.20. The van der Waals surface area contributed by atoms with Crippen LogP contribution in [0.4, 0.5) is 0 Å². The van der Waals surface area contributed by atoms with Crippen molar-refractivity contribution in [2.45, 2.75) is 45.9 Å². The van der Waals surface area contributed by atoms with Gasteiger partial charge in [-0.3, -0.25) is 4.79 Å². The maximum atomic E-state index is 12.2. The Bertz CT molecular complexity index is 311. The van der Waals surface area contributed by atoms with Gasteiger partial charge in [0.25, 0.3) is 0 Å². The third-order valence-corrected chi connectivity index (χ3v) is 3.64. The molecule has 4 nitrogen and oxygen atoms in total. The second kappa shape index (κ2) is 4.84. The average Bonchev–Trinajstić information content (AvgIpc) is 2.50. The maximum absolute atomic E-state index is 12.2. The third-order valence-electron chi connectivity index (χ3n) is 3.64. The summed E-state index contributed by atoms with van der Waals surface area (Å²) in [5.41, 5.74) is 0. The highest BCUT2D eigenvalue weighted by molar-refractivity contribution is 5.80. The molecule has 0 radical (unpaired) electrons. The minimum atomic E-state index is -0.386. The number of rotatable bonds is 2. The van der Waals surface area contributed by atoms with E-state index in [9.17, 15) is 4.79 Å². The molecule has 1 saturated heterocycles. The van der Waals surface area contributed by atoms with Crippen LogP contribution in [0.25, 0.3) is 0 Å². The minimum absolute atomic E-state index is 0.0124. The molecule has 0 saturated carbocycles. The predicted molar refractivity (Wildman–Crippen MR) is 60.5 cm³/mol. The molecule has 1 aliphatic rings. The molecule has 0 spiro atoms. The van der Waals surface area contributed by atoms with Crippen LogP contribution >= 0.6 is 0 Å². The highest BCUT2D eigenvalue weighted by Gasteiger charge is 2.43. The first-order valence-corrected chi connectivity index (χ1v) is 5.71. The number of nitrogens with zero attached hydrogens (tertiary/aromatic N) is 2. The zero-order valence-electron chi connectivity index (χ0n) is 10.6. The Morgan fingerprint density at radius 3 is 2.31 bits per heavy atom. The molecule has 5 unspecified atom stereocenters. The molecule has 5 atom stereocenters. The van der Waals surface area contributed by atoms with Gasteiger partial charge in [0.2, 0.25) is 5.91 Å². The molecule has 0 aliphatic carbocycles. The first-order chi connectivity index (χ1) is 7.40. The lowest BCUT2D eigenvalue weighted by molar-refractivity contribution is -0.137. The van der Waals surface area contributed by atoms with Crippen molar-refractivity contribution in [1.82, 2.24) is 4.90 Å². The van der Waals surface area contributed by atoms with Gasteiger partial charge in [0.1, 0.15) is 6.04 Å². The number of carbonyl (C=O) groups is 1. The molecule has 4 heteroatoms. The monoisotopic (exact) mass is 224 g/mol. The number of nitriles is 1. The number of hydrogen-bond donors (Lipinski definition) is 0. The smallest absolute Gasteiger partial charge is 0.229 e. The molecule has 0 aromatic rings. The van der Waals surface area contributed by atoms with Crippen LogP contribution in [0.2, 0.25) is 0 Å². The highest BCUT2D eigenvalue weighted by atomic mass is 16.5. The van der Waals surface area contributed by atoms with E-state index in [2.05, 4.69) is 6.07 Å². The molecule has 1 heterocycles. The van der Waals surface area contributed by atoms with Crippen molar-refractivity contribution in [2.75, 3.05) is 7.05 Å². The quantitative estimate of drug-likeness (QED) is 0.712. The van der Waals surface area contributed by atoms with E-state index in [4.69, 9.17) is 10.00 Å². The van der Waals surface area contributed by atoms with Crippen LogP contribution in [0.5, 0.6) is 0 Å². The van der Waals surface area contributed by atoms with Gasteiger partial charge in [-0.05, 0) is 26.7 Å². The van der Waals surface area contributed by atoms with Crippen LogP contribution in [0.1, 0.15) is 27.7 Å². The lowest BCUT2D eigenvalue weighted by atomic mass is 9.88. The molecule has 1 fully saturated rings. The van der Waals surface area contributed by atoms with E-state index >= 15 is 0 Å². The summed E-state index contributed by atoms with van der Waals surface area (Å²) in [4.78, 5) is 13.7. The zero-order valence-corrected chi connectivity index (χ0v) is 10.6. The van der Waals surface area contributed by atoms with Crippen LogP contribution in [-0.2, 0) is 9.53 Å². The van der Waals surface area contributed by atoms with Crippen LogP contribution in [-0.4, -0.2) is 36.1 Å². The second-order valence-corrected chi connectivity index (χ2v) is 4.69. The summed E-state index contributed by atoms with van der Waals surface area (Å²) in [5.74, 6) is 0.0880. The van der Waals surface area contributed by atoms with Gasteiger partial charge in [0.15, 0.2) is 0 Å². The zero-order chi connectivity index (χ0) is 12.5. The number of hydrogen-bond acceptors (Lipinski definition) is 3. The van der Waals surface area contributed by atoms with E-state index in [1.807, 2.05) is 20.8 Å². The normalized spacial score (nSPS) is 35.5. The summed E-state index contributed by atoms with van der Waals surface area (Å²) in [7, 11) is 1.68. The lowest BCUT2D eigenvalue weighted by Gasteiger charge is -2.26. The first kappa shape index (κ1) is 13.0. The largest absolute Gasteiger partial charge is 0.374 e. The van der Waals surface area contributed by atoms with E-state index in [1.54, 1.807) is 14.0 Å². The van der Waals surface area contributed by atoms with E-state index in [1.165, 1.54) is 4.90 Å². The molecule has 0 aromatic heterocycles. The van der Waals surface area contributed by atoms with E-state index in [-0.39, 0.29) is 36.0 Å². The molecule has 0 bridgehead atoms. The Labute approximate surface area is 97.2 Å². The molecule has 1 rings (SSSR count). The van der Waals surface area contributed by atoms with Crippen molar-refractivity contribution < 1.29 is 9.53 Å². The van der Waals surface area contributed by atoms with E-state index < -0.39 is 0 Å². The third kappa shape index (κ3) is 2.19. The topological polar surface area (TPSA) is 53.3 Å². The van der Waals surface area contributed by atoms with Gasteiger partial charge in [0, 0.05) is 7.05 Å². The van der Waals surface area contributed by atoms with Gasteiger partial charge in [-0.1, -0.05) is 6.92 Å². The fraction of sp³-hybridized carbons (Fsp3) is 0.833. The second-order valence-electron chi connectivity index (χ2n) is 4.69. The van der Waals surface area contributed by atoms with E-state index in [0.717, 1.165) is 0 Å². The summed E-state index contributed by atoms with van der Waals surface area (Å²) < 4.78 is 5.64. The Balaban J connectivity index is 2.78. The summed E-state index contributed by atoms with van der Waals surface area (Å²) in [6.45, 7) is 7.67. The van der Waals surface area contributed by atoms with Crippen molar-refractivity contribution in [2.24, 2.45) is 11.8 Å². The Morgan fingerprint density at radius 1 is 1.38 bits per heavy atom. The van der Waals surface area contributed by atoms with Crippen LogP contribution in [0, 0.1) is 23.2 Å². The summed E-state index contributed by atoms with van der Waals surface area (Å²) in [5, 5.41) is 8.81. The highest BCUT2D eigenvalue weighted by Crippen LogP contribution is 2.33. The average molecular weight is 224 g/mol. The van der Waals surface area contributed by atoms with Gasteiger partial charge in [-0.15, -0.1) is 0 Å². The first-order valence-electron chi connectivity index (χ1n) is 5.71. The Kier molecular flexibility index (Phi) is 3.93. The van der Waals surface area contributed by atoms with Crippen LogP contribution in [0.3, 0.4) is 0 Å². The Morgan fingerprint density at radius 2 is 1.94 bits per heavy atom. The molecular weight excluding hydrogens is 204 g/mol. The molecule has 0 aromatic carbocycles. The molecule has 16 heavy (non-hydrogen) atoms. The summed E-state index contributed by atoms with van der Waals surface area (Å²) in [6.07, 6.45) is 0.0422. The van der Waals surface area contributed by atoms with Crippen molar-refractivity contribution >= 4 is 5.91 Å². The Hall–Kier alpha value is -1.08. The van der Waals surface area contributed by atoms with Gasteiger partial charge in [0.05, 0.1) is 24.2 Å². The van der Waals surface area contributed by atoms with Gasteiger partial charge in [-0.2, -0.15) is 5.26 Å². The van der Waals surface area contributed by atoms with E-state index in [0.29, 0.717) is 0 Å². The lowest BCUT2D eigenvalue weighted by Crippen LogP contribution is -2.42. The fourth-order valence-corrected chi connectivity index (χ4v) is 2.20. The minimum Gasteiger partial charge on any atom is -0.374 e. The van der Waals surface area contributed by atoms with Crippen molar-refractivity contribution in [1.29, 1.82) is 5.26 Å². The van der Waals surface area contributed by atoms with Crippen LogP contribution < -0.4 is 0 Å². The van der Waals surface area contributed by atoms with Crippen molar-refractivity contribution in [3.63, 3.8) is 0 Å². The molecule has 1 aliphatic heterocycles. The summed E-state index contributed by atoms with van der Waals surface area (Å²) in [6, 6.07) is 1.69. The van der Waals surface area contributed by atoms with Crippen molar-refractivity contribution in [3.8, 4) is 6.07 Å². The molecule has 90 valence electrons. The van der Waals surface area contributed by atoms with Crippen molar-refractivity contribution in [3.05, 3.63) is 0 Å². The predicted octanol–water partition coefficient (Wildman–Crippen LogP) is 1.42. The maximum Gasteiger partial charge on any atom is 0.229 e. The van der Waals surface area contributed by atoms with Gasteiger partial charge >= 0.3 is 0 Å².